The number of aromatic nitrogens is 1. The highest BCUT2D eigenvalue weighted by atomic mass is 16.6. The van der Waals surface area contributed by atoms with Crippen LogP contribution in [0.2, 0.25) is 0 Å². The molecule has 0 bridgehead atoms. The molecule has 0 aliphatic rings. The third-order valence-corrected chi connectivity index (χ3v) is 2.02. The van der Waals surface area contributed by atoms with Crippen LogP contribution in [0, 0.1) is 0 Å². The van der Waals surface area contributed by atoms with Crippen molar-refractivity contribution < 1.29 is 14.3 Å². The number of carbonyl (C=O) groups is 2. The average Bonchev–Trinajstić information content (AvgIpc) is 2.27. The Morgan fingerprint density at radius 3 is 2.75 bits per heavy atom. The van der Waals surface area contributed by atoms with E-state index >= 15 is 0 Å². The summed E-state index contributed by atoms with van der Waals surface area (Å²) < 4.78 is 4.25. The van der Waals surface area contributed by atoms with Gasteiger partial charge < -0.3 is 10.5 Å². The Labute approximate surface area is 90.8 Å². The molecule has 0 saturated heterocycles. The highest BCUT2D eigenvalue weighted by molar-refractivity contribution is 5.98. The molecule has 0 aliphatic heterocycles. The molecule has 1 amide bonds. The number of primary amides is 1. The van der Waals surface area contributed by atoms with Crippen molar-refractivity contribution in [1.29, 1.82) is 0 Å². The SMILES string of the molecule is NC(=O)OC(=O)c1cnc2ccccc2c1. The van der Waals surface area contributed by atoms with Crippen molar-refractivity contribution >= 4 is 23.0 Å². The molecule has 0 saturated carbocycles. The first-order valence-electron chi connectivity index (χ1n) is 4.53. The molecular weight excluding hydrogens is 208 g/mol. The number of hydrogen-bond acceptors (Lipinski definition) is 4. The minimum atomic E-state index is -1.13. The Bertz CT molecular complexity index is 566. The molecule has 0 radical (unpaired) electrons. The van der Waals surface area contributed by atoms with Crippen LogP contribution in [0.3, 0.4) is 0 Å². The summed E-state index contributed by atoms with van der Waals surface area (Å²) in [4.78, 5) is 25.8. The number of hydrogen-bond donors (Lipinski definition) is 1. The smallest absolute Gasteiger partial charge is 0.373 e. The zero-order chi connectivity index (χ0) is 11.5. The van der Waals surface area contributed by atoms with E-state index in [0.29, 0.717) is 0 Å². The summed E-state index contributed by atoms with van der Waals surface area (Å²) in [5.41, 5.74) is 5.70. The van der Waals surface area contributed by atoms with Gasteiger partial charge in [0.25, 0.3) is 0 Å². The maximum Gasteiger partial charge on any atom is 0.412 e. The Hall–Kier alpha value is -2.43. The number of nitrogens with two attached hydrogens (primary N) is 1. The van der Waals surface area contributed by atoms with Gasteiger partial charge in [0.1, 0.15) is 0 Å². The minimum Gasteiger partial charge on any atom is -0.373 e. The van der Waals surface area contributed by atoms with E-state index in [4.69, 9.17) is 5.73 Å². The number of benzene rings is 1. The van der Waals surface area contributed by atoms with Crippen LogP contribution in [0.4, 0.5) is 4.79 Å². The summed E-state index contributed by atoms with van der Waals surface area (Å²) in [6.45, 7) is 0. The fraction of sp³-hybridized carbons (Fsp3) is 0. The molecule has 1 aromatic carbocycles. The van der Waals surface area contributed by atoms with E-state index in [1.165, 1.54) is 6.20 Å². The van der Waals surface area contributed by atoms with Crippen LogP contribution in [0.25, 0.3) is 10.9 Å². The molecule has 1 heterocycles. The number of nitrogens with zero attached hydrogens (tertiary/aromatic N) is 1. The molecule has 16 heavy (non-hydrogen) atoms. The predicted molar refractivity (Wildman–Crippen MR) is 56.7 cm³/mol. The number of esters is 1. The van der Waals surface area contributed by atoms with Crippen LogP contribution in [0.1, 0.15) is 10.4 Å². The van der Waals surface area contributed by atoms with E-state index in [-0.39, 0.29) is 5.56 Å². The van der Waals surface area contributed by atoms with Crippen LogP contribution < -0.4 is 5.73 Å². The van der Waals surface area contributed by atoms with Gasteiger partial charge in [-0.1, -0.05) is 18.2 Å². The van der Waals surface area contributed by atoms with Crippen molar-refractivity contribution in [3.8, 4) is 0 Å². The van der Waals surface area contributed by atoms with Crippen molar-refractivity contribution in [2.24, 2.45) is 5.73 Å². The third kappa shape index (κ3) is 1.98. The standard InChI is InChI=1S/C11H8N2O3/c12-11(15)16-10(14)8-5-7-3-1-2-4-9(7)13-6-8/h1-6H,(H2,12,15). The summed E-state index contributed by atoms with van der Waals surface area (Å²) in [5, 5.41) is 0.793. The first-order valence-corrected chi connectivity index (χ1v) is 4.53. The van der Waals surface area contributed by atoms with E-state index in [1.807, 2.05) is 24.3 Å². The lowest BCUT2D eigenvalue weighted by Gasteiger charge is -2.01. The molecule has 0 spiro atoms. The lowest BCUT2D eigenvalue weighted by molar-refractivity contribution is 0.0638. The lowest BCUT2D eigenvalue weighted by Crippen LogP contribution is -2.18. The Morgan fingerprint density at radius 2 is 2.00 bits per heavy atom. The van der Waals surface area contributed by atoms with Gasteiger partial charge in [0.05, 0.1) is 11.1 Å². The Balaban J connectivity index is 2.39. The summed E-state index contributed by atoms with van der Waals surface area (Å²) in [5.74, 6) is -0.800. The number of pyridine rings is 1. The van der Waals surface area contributed by atoms with Crippen molar-refractivity contribution in [3.05, 3.63) is 42.1 Å². The Morgan fingerprint density at radius 1 is 1.25 bits per heavy atom. The number of rotatable bonds is 1. The van der Waals surface area contributed by atoms with E-state index in [0.717, 1.165) is 10.9 Å². The third-order valence-electron chi connectivity index (χ3n) is 2.02. The number of fused-ring (bicyclic) bond motifs is 1. The summed E-state index contributed by atoms with van der Waals surface area (Å²) in [6, 6.07) is 8.89. The maximum atomic E-state index is 11.3. The first-order chi connectivity index (χ1) is 7.66. The van der Waals surface area contributed by atoms with Gasteiger partial charge in [-0.25, -0.2) is 9.59 Å². The van der Waals surface area contributed by atoms with E-state index in [1.54, 1.807) is 6.07 Å². The van der Waals surface area contributed by atoms with Gasteiger partial charge in [0.2, 0.25) is 0 Å². The molecule has 2 rings (SSSR count). The fourth-order valence-electron chi connectivity index (χ4n) is 1.33. The molecule has 80 valence electrons. The molecule has 0 aliphatic carbocycles. The molecule has 0 fully saturated rings. The monoisotopic (exact) mass is 216 g/mol. The lowest BCUT2D eigenvalue weighted by atomic mass is 10.2. The quantitative estimate of drug-likeness (QED) is 0.578. The van der Waals surface area contributed by atoms with Crippen molar-refractivity contribution in [3.63, 3.8) is 0 Å². The van der Waals surface area contributed by atoms with Gasteiger partial charge in [0.15, 0.2) is 0 Å². The Kier molecular flexibility index (Phi) is 2.51. The van der Waals surface area contributed by atoms with Gasteiger partial charge in [-0.3, -0.25) is 4.98 Å². The average molecular weight is 216 g/mol. The predicted octanol–water partition coefficient (Wildman–Crippen LogP) is 1.47. The molecule has 5 nitrogen and oxygen atoms in total. The molecule has 5 heteroatoms. The van der Waals surface area contributed by atoms with Gasteiger partial charge >= 0.3 is 12.1 Å². The van der Waals surface area contributed by atoms with Crippen LogP contribution in [0.5, 0.6) is 0 Å². The van der Waals surface area contributed by atoms with Crippen LogP contribution in [-0.4, -0.2) is 17.0 Å². The topological polar surface area (TPSA) is 82.3 Å². The van der Waals surface area contributed by atoms with Crippen molar-refractivity contribution in [1.82, 2.24) is 4.98 Å². The minimum absolute atomic E-state index is 0.192. The first kappa shape index (κ1) is 10.1. The number of carbonyl (C=O) groups excluding carboxylic acids is 2. The maximum absolute atomic E-state index is 11.3. The van der Waals surface area contributed by atoms with E-state index in [9.17, 15) is 9.59 Å². The van der Waals surface area contributed by atoms with Gasteiger partial charge in [-0.15, -0.1) is 0 Å². The van der Waals surface area contributed by atoms with Crippen molar-refractivity contribution in [2.45, 2.75) is 0 Å². The van der Waals surface area contributed by atoms with Crippen LogP contribution in [-0.2, 0) is 4.74 Å². The number of para-hydroxylation sites is 1. The second-order valence-corrected chi connectivity index (χ2v) is 3.13. The largest absolute Gasteiger partial charge is 0.412 e. The van der Waals surface area contributed by atoms with Gasteiger partial charge in [0, 0.05) is 11.6 Å². The fourth-order valence-corrected chi connectivity index (χ4v) is 1.33. The van der Waals surface area contributed by atoms with Crippen molar-refractivity contribution in [2.75, 3.05) is 0 Å². The van der Waals surface area contributed by atoms with Gasteiger partial charge in [-0.05, 0) is 12.1 Å². The molecular formula is C11H8N2O3. The summed E-state index contributed by atoms with van der Waals surface area (Å²) >= 11 is 0. The molecule has 2 aromatic rings. The van der Waals surface area contributed by atoms with Crippen LogP contribution in [0.15, 0.2) is 36.5 Å². The molecule has 1 aromatic heterocycles. The highest BCUT2D eigenvalue weighted by Crippen LogP contribution is 2.13. The molecule has 0 unspecified atom stereocenters. The summed E-state index contributed by atoms with van der Waals surface area (Å²) in [6.07, 6.45) is 0.214. The highest BCUT2D eigenvalue weighted by Gasteiger charge is 2.11. The van der Waals surface area contributed by atoms with Crippen LogP contribution >= 0.6 is 0 Å². The normalized spacial score (nSPS) is 10.0. The van der Waals surface area contributed by atoms with E-state index in [2.05, 4.69) is 9.72 Å². The van der Waals surface area contributed by atoms with Gasteiger partial charge in [-0.2, -0.15) is 0 Å². The number of ether oxygens (including phenoxy) is 1. The zero-order valence-corrected chi connectivity index (χ0v) is 8.21. The summed E-state index contributed by atoms with van der Waals surface area (Å²) in [7, 11) is 0. The second kappa shape index (κ2) is 3.98. The molecule has 0 atom stereocenters. The number of amides is 1. The second-order valence-electron chi connectivity index (χ2n) is 3.13. The molecule has 2 N–H and O–H groups in total. The zero-order valence-electron chi connectivity index (χ0n) is 8.21. The van der Waals surface area contributed by atoms with E-state index < -0.39 is 12.1 Å².